The van der Waals surface area contributed by atoms with Gasteiger partial charge < -0.3 is 0 Å². The largest absolute Gasteiger partial charge is 0.112 e. The summed E-state index contributed by atoms with van der Waals surface area (Å²) >= 11 is 0. The molecule has 0 saturated heterocycles. The van der Waals surface area contributed by atoms with Gasteiger partial charge in [0.25, 0.3) is 0 Å². The number of benzene rings is 4. The molecule has 0 bridgehead atoms. The molecule has 0 unspecified atom stereocenters. The van der Waals surface area contributed by atoms with Crippen LogP contribution in [-0.4, -0.2) is 8.07 Å². The second-order valence-electron chi connectivity index (χ2n) is 6.75. The van der Waals surface area contributed by atoms with Gasteiger partial charge >= 0.3 is 0 Å². The Bertz CT molecular complexity index is 917. The van der Waals surface area contributed by atoms with Gasteiger partial charge in [-0.15, -0.1) is 0 Å². The Kier molecular flexibility index (Phi) is 3.31. The average molecular weight is 312 g/mol. The molecule has 4 aromatic carbocycles. The van der Waals surface area contributed by atoms with Gasteiger partial charge in [0, 0.05) is 0 Å². The highest BCUT2D eigenvalue weighted by atomic mass is 28.3. The van der Waals surface area contributed by atoms with E-state index in [9.17, 15) is 0 Å². The fraction of sp³-hybridized carbons (Fsp3) is 0.0909. The zero-order chi connectivity index (χ0) is 15.9. The van der Waals surface area contributed by atoms with Crippen molar-refractivity contribution in [1.82, 2.24) is 0 Å². The summed E-state index contributed by atoms with van der Waals surface area (Å²) in [6.45, 7) is 4.89. The molecule has 0 aliphatic carbocycles. The van der Waals surface area contributed by atoms with Crippen LogP contribution in [0.4, 0.5) is 0 Å². The van der Waals surface area contributed by atoms with Crippen molar-refractivity contribution in [1.29, 1.82) is 0 Å². The van der Waals surface area contributed by atoms with Gasteiger partial charge in [-0.1, -0.05) is 108 Å². The first-order valence-corrected chi connectivity index (χ1v) is 11.1. The monoisotopic (exact) mass is 312 g/mol. The van der Waals surface area contributed by atoms with Crippen molar-refractivity contribution < 1.29 is 0 Å². The molecule has 0 saturated carbocycles. The first-order valence-electron chi connectivity index (χ1n) is 8.13. The lowest BCUT2D eigenvalue weighted by Gasteiger charge is -2.24. The van der Waals surface area contributed by atoms with Gasteiger partial charge in [0.05, 0.1) is 0 Å². The molecule has 23 heavy (non-hydrogen) atoms. The van der Waals surface area contributed by atoms with E-state index in [0.29, 0.717) is 0 Å². The molecule has 0 aliphatic rings. The minimum atomic E-state index is -1.69. The van der Waals surface area contributed by atoms with Gasteiger partial charge in [-0.25, -0.2) is 0 Å². The summed E-state index contributed by atoms with van der Waals surface area (Å²) in [5.74, 6) is 0. The first kappa shape index (κ1) is 14.2. The number of rotatable bonds is 2. The van der Waals surface area contributed by atoms with E-state index in [1.165, 1.54) is 31.9 Å². The number of hydrogen-bond donors (Lipinski definition) is 0. The predicted octanol–water partition coefficient (Wildman–Crippen LogP) is 4.82. The van der Waals surface area contributed by atoms with Crippen LogP contribution in [0.25, 0.3) is 21.5 Å². The number of hydrogen-bond acceptors (Lipinski definition) is 0. The van der Waals surface area contributed by atoms with E-state index in [2.05, 4.69) is 98.0 Å². The van der Waals surface area contributed by atoms with Crippen LogP contribution in [0.1, 0.15) is 0 Å². The minimum absolute atomic E-state index is 1.32. The van der Waals surface area contributed by atoms with Crippen LogP contribution in [0.15, 0.2) is 84.9 Å². The smallest absolute Gasteiger partial charge is 0.0620 e. The second kappa shape index (κ2) is 5.36. The van der Waals surface area contributed by atoms with Crippen LogP contribution in [0, 0.1) is 0 Å². The average Bonchev–Trinajstić information content (AvgIpc) is 2.61. The Labute approximate surface area is 138 Å². The molecule has 0 aliphatic heterocycles. The Hall–Kier alpha value is -2.38. The van der Waals surface area contributed by atoms with Gasteiger partial charge in [-0.2, -0.15) is 0 Å². The zero-order valence-electron chi connectivity index (χ0n) is 13.6. The van der Waals surface area contributed by atoms with Crippen LogP contribution in [0.3, 0.4) is 0 Å². The Balaban J connectivity index is 1.85. The summed E-state index contributed by atoms with van der Waals surface area (Å²) in [6.07, 6.45) is 0. The lowest BCUT2D eigenvalue weighted by molar-refractivity contribution is 1.71. The van der Waals surface area contributed by atoms with Crippen molar-refractivity contribution >= 4 is 40.0 Å². The molecule has 1 heteroatoms. The van der Waals surface area contributed by atoms with Crippen molar-refractivity contribution in [2.24, 2.45) is 0 Å². The molecule has 0 amide bonds. The molecule has 0 spiro atoms. The van der Waals surface area contributed by atoms with E-state index in [1.54, 1.807) is 0 Å². The lowest BCUT2D eigenvalue weighted by atomic mass is 10.1. The Morgan fingerprint density at radius 2 is 0.870 bits per heavy atom. The normalized spacial score (nSPS) is 11.9. The molecule has 4 aromatic rings. The van der Waals surface area contributed by atoms with E-state index in [-0.39, 0.29) is 0 Å². The molecule has 0 fully saturated rings. The quantitative estimate of drug-likeness (QED) is 0.466. The molecule has 0 heterocycles. The SMILES string of the molecule is C[Si](C)(c1ccc2ccccc2c1)c1ccc2ccccc2c1. The standard InChI is InChI=1S/C22H20Si/c1-23(2,21-13-11-17-7-3-5-9-19(17)15-21)22-14-12-18-8-4-6-10-20(18)16-22/h3-16H,1-2H3. The third kappa shape index (κ3) is 2.47. The van der Waals surface area contributed by atoms with Crippen molar-refractivity contribution in [2.45, 2.75) is 13.1 Å². The maximum Gasteiger partial charge on any atom is 0.112 e. The van der Waals surface area contributed by atoms with E-state index < -0.39 is 8.07 Å². The minimum Gasteiger partial charge on any atom is -0.0620 e. The Morgan fingerprint density at radius 1 is 0.478 bits per heavy atom. The van der Waals surface area contributed by atoms with Crippen LogP contribution in [0.5, 0.6) is 0 Å². The summed E-state index contributed by atoms with van der Waals surface area (Å²) < 4.78 is 0. The molecule has 4 rings (SSSR count). The topological polar surface area (TPSA) is 0 Å². The Morgan fingerprint density at radius 3 is 1.30 bits per heavy atom. The van der Waals surface area contributed by atoms with E-state index in [4.69, 9.17) is 0 Å². The zero-order valence-corrected chi connectivity index (χ0v) is 14.6. The predicted molar refractivity (Wildman–Crippen MR) is 105 cm³/mol. The fourth-order valence-corrected chi connectivity index (χ4v) is 5.69. The van der Waals surface area contributed by atoms with Gasteiger partial charge in [-0.3, -0.25) is 0 Å². The van der Waals surface area contributed by atoms with Crippen molar-refractivity contribution in [3.63, 3.8) is 0 Å². The third-order valence-electron chi connectivity index (χ3n) is 4.94. The molecular weight excluding hydrogens is 292 g/mol. The van der Waals surface area contributed by atoms with E-state index in [1.807, 2.05) is 0 Å². The van der Waals surface area contributed by atoms with Crippen LogP contribution in [-0.2, 0) is 0 Å². The summed E-state index contributed by atoms with van der Waals surface area (Å²) in [7, 11) is -1.69. The maximum absolute atomic E-state index is 2.45. The van der Waals surface area contributed by atoms with E-state index in [0.717, 1.165) is 0 Å². The van der Waals surface area contributed by atoms with Gasteiger partial charge in [0.2, 0.25) is 0 Å². The highest BCUT2D eigenvalue weighted by molar-refractivity contribution is 7.00. The highest BCUT2D eigenvalue weighted by Crippen LogP contribution is 2.17. The molecule has 0 nitrogen and oxygen atoms in total. The van der Waals surface area contributed by atoms with Gasteiger partial charge in [-0.05, 0) is 21.5 Å². The molecule has 0 radical (unpaired) electrons. The number of fused-ring (bicyclic) bond motifs is 2. The second-order valence-corrected chi connectivity index (χ2v) is 11.2. The van der Waals surface area contributed by atoms with Crippen LogP contribution in [0.2, 0.25) is 13.1 Å². The summed E-state index contributed by atoms with van der Waals surface area (Å²) in [6, 6.07) is 31.2. The van der Waals surface area contributed by atoms with E-state index >= 15 is 0 Å². The van der Waals surface area contributed by atoms with Crippen molar-refractivity contribution in [3.05, 3.63) is 84.9 Å². The molecule has 112 valence electrons. The maximum atomic E-state index is 2.45. The highest BCUT2D eigenvalue weighted by Gasteiger charge is 2.26. The van der Waals surface area contributed by atoms with Crippen LogP contribution >= 0.6 is 0 Å². The summed E-state index contributed by atoms with van der Waals surface area (Å²) in [5, 5.41) is 8.30. The molecule has 0 aromatic heterocycles. The molecule has 0 N–H and O–H groups in total. The molecule has 0 atom stereocenters. The third-order valence-corrected chi connectivity index (χ3v) is 8.45. The molecular formula is C22H20Si. The van der Waals surface area contributed by atoms with Gasteiger partial charge in [0.1, 0.15) is 8.07 Å². The fourth-order valence-electron chi connectivity index (χ4n) is 3.32. The lowest BCUT2D eigenvalue weighted by Crippen LogP contribution is -2.52. The summed E-state index contributed by atoms with van der Waals surface area (Å²) in [4.78, 5) is 0. The van der Waals surface area contributed by atoms with Crippen molar-refractivity contribution in [2.75, 3.05) is 0 Å². The summed E-state index contributed by atoms with van der Waals surface area (Å²) in [5.41, 5.74) is 0. The first-order chi connectivity index (χ1) is 11.1. The van der Waals surface area contributed by atoms with Crippen molar-refractivity contribution in [3.8, 4) is 0 Å². The van der Waals surface area contributed by atoms with Gasteiger partial charge in [0.15, 0.2) is 0 Å². The van der Waals surface area contributed by atoms with Crippen LogP contribution < -0.4 is 10.4 Å².